The van der Waals surface area contributed by atoms with Crippen LogP contribution in [0.15, 0.2) is 24.3 Å². The van der Waals surface area contributed by atoms with E-state index in [-0.39, 0.29) is 11.2 Å². The van der Waals surface area contributed by atoms with E-state index in [1.807, 2.05) is 32.9 Å². The van der Waals surface area contributed by atoms with Crippen molar-refractivity contribution >= 4 is 6.09 Å². The molecule has 1 aliphatic heterocycles. The van der Waals surface area contributed by atoms with Crippen LogP contribution < -0.4 is 10.6 Å². The van der Waals surface area contributed by atoms with E-state index in [1.54, 1.807) is 0 Å². The summed E-state index contributed by atoms with van der Waals surface area (Å²) in [6.45, 7) is 7.78. The fourth-order valence-electron chi connectivity index (χ4n) is 2.83. The third kappa shape index (κ3) is 4.44. The minimum atomic E-state index is -0.513. The van der Waals surface area contributed by atoms with Gasteiger partial charge in [-0.2, -0.15) is 0 Å². The summed E-state index contributed by atoms with van der Waals surface area (Å²) in [6.07, 6.45) is 1.38. The fraction of sp³-hybridized carbons (Fsp3) is 0.588. The third-order valence-electron chi connectivity index (χ3n) is 3.99. The summed E-state index contributed by atoms with van der Waals surface area (Å²) in [5.41, 5.74) is 0.378. The van der Waals surface area contributed by atoms with E-state index < -0.39 is 11.7 Å². The summed E-state index contributed by atoms with van der Waals surface area (Å²) in [5.74, 6) is -0.243. The van der Waals surface area contributed by atoms with Gasteiger partial charge in [-0.15, -0.1) is 0 Å². The first-order chi connectivity index (χ1) is 10.3. The van der Waals surface area contributed by atoms with Gasteiger partial charge < -0.3 is 15.4 Å². The van der Waals surface area contributed by atoms with Gasteiger partial charge in [0.1, 0.15) is 11.4 Å². The molecule has 1 amide bonds. The molecule has 0 saturated carbocycles. The molecule has 1 aliphatic rings. The van der Waals surface area contributed by atoms with E-state index in [0.29, 0.717) is 6.54 Å². The van der Waals surface area contributed by atoms with Gasteiger partial charge in [-0.05, 0) is 64.4 Å². The van der Waals surface area contributed by atoms with Gasteiger partial charge in [0.05, 0.1) is 0 Å². The van der Waals surface area contributed by atoms with Crippen LogP contribution in [0.1, 0.15) is 39.2 Å². The molecule has 0 spiro atoms. The molecule has 4 nitrogen and oxygen atoms in total. The Kier molecular flexibility index (Phi) is 5.06. The molecule has 22 heavy (non-hydrogen) atoms. The Bertz CT molecular complexity index is 502. The summed E-state index contributed by atoms with van der Waals surface area (Å²) in [5, 5.41) is 6.21. The standard InChI is InChI=1S/C17H25FN2O2/c1-16(2,3)22-15(21)20-12-17(8-10-19-11-9-17)13-4-6-14(18)7-5-13/h4-7,19H,8-12H2,1-3H3,(H,20,21). The number of carbonyl (C=O) groups excluding carboxylic acids is 1. The number of alkyl carbamates (subject to hydrolysis) is 1. The fourth-order valence-corrected chi connectivity index (χ4v) is 2.83. The Labute approximate surface area is 131 Å². The van der Waals surface area contributed by atoms with Crippen LogP contribution >= 0.6 is 0 Å². The molecule has 1 heterocycles. The summed E-state index contributed by atoms with van der Waals surface area (Å²) in [6, 6.07) is 6.59. The molecule has 5 heteroatoms. The van der Waals surface area contributed by atoms with Gasteiger partial charge in [-0.1, -0.05) is 12.1 Å². The summed E-state index contributed by atoms with van der Waals surface area (Å²) >= 11 is 0. The van der Waals surface area contributed by atoms with E-state index in [9.17, 15) is 9.18 Å². The SMILES string of the molecule is CC(C)(C)OC(=O)NCC1(c2ccc(F)cc2)CCNCC1. The lowest BCUT2D eigenvalue weighted by Crippen LogP contribution is -2.48. The maximum absolute atomic E-state index is 13.2. The van der Waals surface area contributed by atoms with Gasteiger partial charge in [0, 0.05) is 12.0 Å². The Balaban J connectivity index is 2.09. The van der Waals surface area contributed by atoms with Gasteiger partial charge in [-0.25, -0.2) is 9.18 Å². The van der Waals surface area contributed by atoms with Crippen molar-refractivity contribution in [1.29, 1.82) is 0 Å². The van der Waals surface area contributed by atoms with Gasteiger partial charge in [0.25, 0.3) is 0 Å². The second kappa shape index (κ2) is 6.65. The highest BCUT2D eigenvalue weighted by atomic mass is 19.1. The molecule has 2 rings (SSSR count). The van der Waals surface area contributed by atoms with Crippen LogP contribution in [0.3, 0.4) is 0 Å². The molecule has 1 aromatic carbocycles. The minimum Gasteiger partial charge on any atom is -0.444 e. The van der Waals surface area contributed by atoms with Crippen LogP contribution in [0.25, 0.3) is 0 Å². The van der Waals surface area contributed by atoms with Crippen LogP contribution in [0.2, 0.25) is 0 Å². The van der Waals surface area contributed by atoms with Gasteiger partial charge >= 0.3 is 6.09 Å². The van der Waals surface area contributed by atoms with Crippen molar-refractivity contribution in [3.05, 3.63) is 35.6 Å². The summed E-state index contributed by atoms with van der Waals surface area (Å²) < 4.78 is 18.5. The first kappa shape index (κ1) is 16.7. The molecule has 0 unspecified atom stereocenters. The smallest absolute Gasteiger partial charge is 0.407 e. The average Bonchev–Trinajstić information content (AvgIpc) is 2.45. The number of carbonyl (C=O) groups is 1. The summed E-state index contributed by atoms with van der Waals surface area (Å²) in [4.78, 5) is 11.9. The highest BCUT2D eigenvalue weighted by Crippen LogP contribution is 2.33. The Morgan fingerprint density at radius 3 is 2.41 bits per heavy atom. The molecule has 0 aliphatic carbocycles. The molecule has 2 N–H and O–H groups in total. The average molecular weight is 308 g/mol. The summed E-state index contributed by atoms with van der Waals surface area (Å²) in [7, 11) is 0. The van der Waals surface area contributed by atoms with Crippen molar-refractivity contribution in [1.82, 2.24) is 10.6 Å². The van der Waals surface area contributed by atoms with Crippen molar-refractivity contribution in [3.63, 3.8) is 0 Å². The molecular formula is C17H25FN2O2. The number of ether oxygens (including phenoxy) is 1. The van der Waals surface area contributed by atoms with Gasteiger partial charge in [0.2, 0.25) is 0 Å². The number of benzene rings is 1. The lowest BCUT2D eigenvalue weighted by atomic mass is 9.73. The molecular weight excluding hydrogens is 283 g/mol. The Morgan fingerprint density at radius 1 is 1.27 bits per heavy atom. The second-order valence-electron chi connectivity index (χ2n) is 6.89. The number of piperidine rings is 1. The van der Waals surface area contributed by atoms with Gasteiger partial charge in [-0.3, -0.25) is 0 Å². The molecule has 122 valence electrons. The van der Waals surface area contributed by atoms with Crippen LogP contribution in [0.5, 0.6) is 0 Å². The zero-order valence-corrected chi connectivity index (χ0v) is 13.5. The minimum absolute atomic E-state index is 0.171. The lowest BCUT2D eigenvalue weighted by Gasteiger charge is -2.38. The highest BCUT2D eigenvalue weighted by Gasteiger charge is 2.34. The van der Waals surface area contributed by atoms with E-state index >= 15 is 0 Å². The van der Waals surface area contributed by atoms with Crippen molar-refractivity contribution < 1.29 is 13.9 Å². The van der Waals surface area contributed by atoms with Gasteiger partial charge in [0.15, 0.2) is 0 Å². The molecule has 1 aromatic rings. The quantitative estimate of drug-likeness (QED) is 0.902. The van der Waals surface area contributed by atoms with Crippen molar-refractivity contribution in [2.45, 2.75) is 44.6 Å². The number of halogens is 1. The van der Waals surface area contributed by atoms with E-state index in [1.165, 1.54) is 12.1 Å². The maximum Gasteiger partial charge on any atom is 0.407 e. The van der Waals surface area contributed by atoms with Crippen molar-refractivity contribution in [2.24, 2.45) is 0 Å². The number of rotatable bonds is 3. The maximum atomic E-state index is 13.2. The molecule has 1 saturated heterocycles. The van der Waals surface area contributed by atoms with Crippen LogP contribution in [0, 0.1) is 5.82 Å². The van der Waals surface area contributed by atoms with E-state index in [0.717, 1.165) is 31.5 Å². The van der Waals surface area contributed by atoms with E-state index in [4.69, 9.17) is 4.74 Å². The number of nitrogens with one attached hydrogen (secondary N) is 2. The second-order valence-corrected chi connectivity index (χ2v) is 6.89. The predicted molar refractivity (Wildman–Crippen MR) is 84.4 cm³/mol. The van der Waals surface area contributed by atoms with Crippen molar-refractivity contribution in [2.75, 3.05) is 19.6 Å². The largest absolute Gasteiger partial charge is 0.444 e. The number of hydrogen-bond donors (Lipinski definition) is 2. The zero-order chi connectivity index (χ0) is 16.2. The van der Waals surface area contributed by atoms with Crippen LogP contribution in [0.4, 0.5) is 9.18 Å². The highest BCUT2D eigenvalue weighted by molar-refractivity contribution is 5.67. The zero-order valence-electron chi connectivity index (χ0n) is 13.5. The first-order valence-corrected chi connectivity index (χ1v) is 7.74. The first-order valence-electron chi connectivity index (χ1n) is 7.74. The Morgan fingerprint density at radius 2 is 1.86 bits per heavy atom. The monoisotopic (exact) mass is 308 g/mol. The topological polar surface area (TPSA) is 50.4 Å². The molecule has 0 atom stereocenters. The van der Waals surface area contributed by atoms with Crippen LogP contribution in [-0.2, 0) is 10.2 Å². The molecule has 1 fully saturated rings. The Hall–Kier alpha value is -1.62. The number of hydrogen-bond acceptors (Lipinski definition) is 3. The number of amides is 1. The van der Waals surface area contributed by atoms with Crippen molar-refractivity contribution in [3.8, 4) is 0 Å². The molecule has 0 aromatic heterocycles. The third-order valence-corrected chi connectivity index (χ3v) is 3.99. The van der Waals surface area contributed by atoms with E-state index in [2.05, 4.69) is 10.6 Å². The van der Waals surface area contributed by atoms with Crippen LogP contribution in [-0.4, -0.2) is 31.3 Å². The normalized spacial score (nSPS) is 17.8. The molecule has 0 radical (unpaired) electrons. The lowest BCUT2D eigenvalue weighted by molar-refractivity contribution is 0.0509. The molecule has 0 bridgehead atoms. The predicted octanol–water partition coefficient (Wildman–Crippen LogP) is 2.97.